The van der Waals surface area contributed by atoms with Gasteiger partial charge in [-0.3, -0.25) is 0 Å². The summed E-state index contributed by atoms with van der Waals surface area (Å²) in [5, 5.41) is 0. The lowest BCUT2D eigenvalue weighted by Gasteiger charge is -2.05. The SMILES string of the molecule is Brc1cnc(C2CC2)nc1-c1ccccc1. The summed E-state index contributed by atoms with van der Waals surface area (Å²) in [4.78, 5) is 9.02. The van der Waals surface area contributed by atoms with E-state index in [1.807, 2.05) is 24.4 Å². The van der Waals surface area contributed by atoms with Crippen LogP contribution in [0, 0.1) is 0 Å². The summed E-state index contributed by atoms with van der Waals surface area (Å²) < 4.78 is 0.961. The highest BCUT2D eigenvalue weighted by atomic mass is 79.9. The number of hydrogen-bond acceptors (Lipinski definition) is 2. The average Bonchev–Trinajstić information content (AvgIpc) is 3.15. The summed E-state index contributed by atoms with van der Waals surface area (Å²) >= 11 is 3.51. The maximum Gasteiger partial charge on any atom is 0.132 e. The first-order valence-corrected chi connectivity index (χ1v) is 6.22. The van der Waals surface area contributed by atoms with Gasteiger partial charge in [0.25, 0.3) is 0 Å². The van der Waals surface area contributed by atoms with Crippen LogP contribution in [0.3, 0.4) is 0 Å². The van der Waals surface area contributed by atoms with Crippen LogP contribution in [0.15, 0.2) is 41.0 Å². The second-order valence-corrected chi connectivity index (χ2v) is 4.92. The van der Waals surface area contributed by atoms with E-state index in [0.717, 1.165) is 21.6 Å². The Morgan fingerprint density at radius 3 is 2.56 bits per heavy atom. The average molecular weight is 275 g/mol. The summed E-state index contributed by atoms with van der Waals surface area (Å²) in [5.41, 5.74) is 2.14. The van der Waals surface area contributed by atoms with Crippen LogP contribution >= 0.6 is 15.9 Å². The number of aromatic nitrogens is 2. The highest BCUT2D eigenvalue weighted by molar-refractivity contribution is 9.10. The Kier molecular flexibility index (Phi) is 2.48. The number of hydrogen-bond donors (Lipinski definition) is 0. The second kappa shape index (κ2) is 3.98. The molecular formula is C13H11BrN2. The number of nitrogens with zero attached hydrogens (tertiary/aromatic N) is 2. The standard InChI is InChI=1S/C13H11BrN2/c14-11-8-15-13(10-6-7-10)16-12(11)9-4-2-1-3-5-9/h1-5,8,10H,6-7H2. The monoisotopic (exact) mass is 274 g/mol. The van der Waals surface area contributed by atoms with Crippen molar-refractivity contribution in [3.8, 4) is 11.3 Å². The molecule has 0 radical (unpaired) electrons. The molecule has 1 heterocycles. The van der Waals surface area contributed by atoms with Crippen LogP contribution in [0.2, 0.25) is 0 Å². The minimum absolute atomic E-state index is 0.593. The summed E-state index contributed by atoms with van der Waals surface area (Å²) in [6.07, 6.45) is 4.33. The van der Waals surface area contributed by atoms with Gasteiger partial charge in [-0.2, -0.15) is 0 Å². The van der Waals surface area contributed by atoms with E-state index in [2.05, 4.69) is 38.0 Å². The zero-order chi connectivity index (χ0) is 11.0. The lowest BCUT2D eigenvalue weighted by molar-refractivity contribution is 0.926. The van der Waals surface area contributed by atoms with Crippen molar-refractivity contribution in [3.05, 3.63) is 46.8 Å². The molecule has 2 nitrogen and oxygen atoms in total. The Morgan fingerprint density at radius 2 is 1.88 bits per heavy atom. The summed E-state index contributed by atoms with van der Waals surface area (Å²) in [7, 11) is 0. The molecule has 0 N–H and O–H groups in total. The number of halogens is 1. The molecule has 1 aliphatic carbocycles. The first-order valence-electron chi connectivity index (χ1n) is 5.42. The van der Waals surface area contributed by atoms with Crippen LogP contribution in [0.25, 0.3) is 11.3 Å². The zero-order valence-electron chi connectivity index (χ0n) is 8.73. The van der Waals surface area contributed by atoms with E-state index in [9.17, 15) is 0 Å². The zero-order valence-corrected chi connectivity index (χ0v) is 10.3. The van der Waals surface area contributed by atoms with E-state index in [0.29, 0.717) is 5.92 Å². The van der Waals surface area contributed by atoms with Crippen LogP contribution < -0.4 is 0 Å². The molecule has 1 aromatic carbocycles. The Bertz CT molecular complexity index is 507. The lowest BCUT2D eigenvalue weighted by atomic mass is 10.1. The molecule has 3 rings (SSSR count). The van der Waals surface area contributed by atoms with E-state index in [4.69, 9.17) is 0 Å². The van der Waals surface area contributed by atoms with Crippen LogP contribution in [-0.4, -0.2) is 9.97 Å². The first kappa shape index (κ1) is 9.97. The fraction of sp³-hybridized carbons (Fsp3) is 0.231. The minimum Gasteiger partial charge on any atom is -0.240 e. The largest absolute Gasteiger partial charge is 0.240 e. The van der Waals surface area contributed by atoms with Gasteiger partial charge < -0.3 is 0 Å². The van der Waals surface area contributed by atoms with Crippen molar-refractivity contribution in [2.45, 2.75) is 18.8 Å². The van der Waals surface area contributed by atoms with Crippen molar-refractivity contribution in [1.29, 1.82) is 0 Å². The molecule has 1 fully saturated rings. The third kappa shape index (κ3) is 1.87. The molecular weight excluding hydrogens is 264 g/mol. The highest BCUT2D eigenvalue weighted by Crippen LogP contribution is 2.39. The fourth-order valence-corrected chi connectivity index (χ4v) is 2.14. The van der Waals surface area contributed by atoms with Crippen molar-refractivity contribution < 1.29 is 0 Å². The Morgan fingerprint density at radius 1 is 1.12 bits per heavy atom. The molecule has 1 aliphatic rings. The third-order valence-corrected chi connectivity index (χ3v) is 3.33. The van der Waals surface area contributed by atoms with Gasteiger partial charge in [-0.25, -0.2) is 9.97 Å². The van der Waals surface area contributed by atoms with Gasteiger partial charge in [0, 0.05) is 17.7 Å². The van der Waals surface area contributed by atoms with Gasteiger partial charge >= 0.3 is 0 Å². The normalized spacial score (nSPS) is 15.1. The summed E-state index contributed by atoms with van der Waals surface area (Å²) in [5.74, 6) is 1.58. The molecule has 16 heavy (non-hydrogen) atoms. The van der Waals surface area contributed by atoms with Gasteiger partial charge in [-0.1, -0.05) is 30.3 Å². The topological polar surface area (TPSA) is 25.8 Å². The van der Waals surface area contributed by atoms with Crippen molar-refractivity contribution in [3.63, 3.8) is 0 Å². The van der Waals surface area contributed by atoms with E-state index < -0.39 is 0 Å². The molecule has 2 aromatic rings. The summed E-state index contributed by atoms with van der Waals surface area (Å²) in [6, 6.07) is 10.2. The van der Waals surface area contributed by atoms with Crippen LogP contribution in [0.1, 0.15) is 24.6 Å². The van der Waals surface area contributed by atoms with E-state index in [1.54, 1.807) is 0 Å². The Hall–Kier alpha value is -1.22. The van der Waals surface area contributed by atoms with Crippen LogP contribution in [0.5, 0.6) is 0 Å². The van der Waals surface area contributed by atoms with Crippen molar-refractivity contribution in [2.24, 2.45) is 0 Å². The fourth-order valence-electron chi connectivity index (χ4n) is 1.72. The predicted octanol–water partition coefficient (Wildman–Crippen LogP) is 3.78. The van der Waals surface area contributed by atoms with Crippen molar-refractivity contribution >= 4 is 15.9 Å². The smallest absolute Gasteiger partial charge is 0.132 e. The van der Waals surface area contributed by atoms with Gasteiger partial charge in [0.1, 0.15) is 5.82 Å². The van der Waals surface area contributed by atoms with E-state index in [1.165, 1.54) is 12.8 Å². The molecule has 80 valence electrons. The maximum absolute atomic E-state index is 4.65. The maximum atomic E-state index is 4.65. The van der Waals surface area contributed by atoms with Crippen LogP contribution in [-0.2, 0) is 0 Å². The molecule has 1 saturated carbocycles. The molecule has 3 heteroatoms. The van der Waals surface area contributed by atoms with Gasteiger partial charge in [0.15, 0.2) is 0 Å². The third-order valence-electron chi connectivity index (χ3n) is 2.75. The molecule has 0 atom stereocenters. The second-order valence-electron chi connectivity index (χ2n) is 4.07. The van der Waals surface area contributed by atoms with Crippen molar-refractivity contribution in [2.75, 3.05) is 0 Å². The van der Waals surface area contributed by atoms with Crippen molar-refractivity contribution in [1.82, 2.24) is 9.97 Å². The first-order chi connectivity index (χ1) is 7.84. The molecule has 0 spiro atoms. The minimum atomic E-state index is 0.593. The van der Waals surface area contributed by atoms with Crippen LogP contribution in [0.4, 0.5) is 0 Å². The molecule has 1 aromatic heterocycles. The van der Waals surface area contributed by atoms with Gasteiger partial charge in [0.2, 0.25) is 0 Å². The van der Waals surface area contributed by atoms with E-state index >= 15 is 0 Å². The quantitative estimate of drug-likeness (QED) is 0.833. The van der Waals surface area contributed by atoms with Gasteiger partial charge in [0.05, 0.1) is 10.2 Å². The highest BCUT2D eigenvalue weighted by Gasteiger charge is 2.27. The molecule has 0 bridgehead atoms. The number of rotatable bonds is 2. The Balaban J connectivity index is 2.08. The van der Waals surface area contributed by atoms with Gasteiger partial charge in [-0.15, -0.1) is 0 Å². The van der Waals surface area contributed by atoms with E-state index in [-0.39, 0.29) is 0 Å². The van der Waals surface area contributed by atoms with Gasteiger partial charge in [-0.05, 0) is 28.8 Å². The predicted molar refractivity (Wildman–Crippen MR) is 67.1 cm³/mol. The Labute approximate surface area is 103 Å². The molecule has 0 amide bonds. The summed E-state index contributed by atoms with van der Waals surface area (Å²) in [6.45, 7) is 0. The molecule has 0 aliphatic heterocycles. The molecule has 0 unspecified atom stereocenters. The molecule has 0 saturated heterocycles. The lowest BCUT2D eigenvalue weighted by Crippen LogP contribution is -1.95. The number of benzene rings is 1.